The molecule has 72 valence electrons. The highest BCUT2D eigenvalue weighted by Gasteiger charge is 1.93. The van der Waals surface area contributed by atoms with Crippen LogP contribution in [0.15, 0.2) is 12.2 Å². The number of hydrogen-bond donors (Lipinski definition) is 2. The molecule has 0 saturated carbocycles. The summed E-state index contributed by atoms with van der Waals surface area (Å²) in [6.45, 7) is 0.0609. The molecule has 6 heteroatoms. The molecule has 0 unspecified atom stereocenters. The Labute approximate surface area is 74.9 Å². The van der Waals surface area contributed by atoms with Crippen molar-refractivity contribution in [2.45, 2.75) is 6.42 Å². The predicted octanol–water partition coefficient (Wildman–Crippen LogP) is 1.25. The van der Waals surface area contributed by atoms with E-state index in [1.807, 2.05) is 0 Å². The molecule has 3 nitrogen and oxygen atoms in total. The van der Waals surface area contributed by atoms with Crippen LogP contribution in [-0.2, 0) is 4.79 Å². The largest absolute Gasteiger partial charge is 0.480 e. The van der Waals surface area contributed by atoms with Gasteiger partial charge in [-0.15, -0.1) is 12.4 Å². The van der Waals surface area contributed by atoms with E-state index in [1.54, 1.807) is 0 Å². The van der Waals surface area contributed by atoms with Crippen molar-refractivity contribution >= 4 is 18.4 Å². The van der Waals surface area contributed by atoms with E-state index in [1.165, 1.54) is 0 Å². The van der Waals surface area contributed by atoms with E-state index in [9.17, 15) is 13.6 Å². The van der Waals surface area contributed by atoms with Gasteiger partial charge >= 0.3 is 5.97 Å². The molecular formula is C6H10ClF2NO2. The van der Waals surface area contributed by atoms with Crippen LogP contribution in [0.2, 0.25) is 0 Å². The quantitative estimate of drug-likeness (QED) is 0.659. The normalized spacial score (nSPS) is 8.50. The summed E-state index contributed by atoms with van der Waals surface area (Å²) in [5.41, 5.74) is 0. The molecule has 0 spiro atoms. The molecule has 0 aromatic heterocycles. The van der Waals surface area contributed by atoms with Crippen molar-refractivity contribution in [1.29, 1.82) is 0 Å². The van der Waals surface area contributed by atoms with E-state index in [4.69, 9.17) is 5.11 Å². The smallest absolute Gasteiger partial charge is 0.317 e. The summed E-state index contributed by atoms with van der Waals surface area (Å²) in [5, 5.41) is 10.6. The molecule has 0 aliphatic carbocycles. The fraction of sp³-hybridized carbons (Fsp3) is 0.500. The van der Waals surface area contributed by atoms with Crippen LogP contribution >= 0.6 is 12.4 Å². The summed E-state index contributed by atoms with van der Waals surface area (Å²) in [7, 11) is 0. The van der Waals surface area contributed by atoms with Crippen LogP contribution in [0.5, 0.6) is 0 Å². The molecule has 12 heavy (non-hydrogen) atoms. The maximum Gasteiger partial charge on any atom is 0.317 e. The topological polar surface area (TPSA) is 49.3 Å². The van der Waals surface area contributed by atoms with Gasteiger partial charge in [0.15, 0.2) is 0 Å². The van der Waals surface area contributed by atoms with E-state index in [-0.39, 0.29) is 31.9 Å². The summed E-state index contributed by atoms with van der Waals surface area (Å²) in [4.78, 5) is 9.87. The Morgan fingerprint density at radius 1 is 1.50 bits per heavy atom. The molecule has 0 heterocycles. The fourth-order valence-electron chi connectivity index (χ4n) is 0.479. The van der Waals surface area contributed by atoms with Crippen molar-refractivity contribution in [2.24, 2.45) is 0 Å². The summed E-state index contributed by atoms with van der Waals surface area (Å²) >= 11 is 0. The minimum atomic E-state index is -1.73. The van der Waals surface area contributed by atoms with Crippen molar-refractivity contribution in [1.82, 2.24) is 5.32 Å². The first kappa shape index (κ1) is 13.9. The van der Waals surface area contributed by atoms with Crippen molar-refractivity contribution in [3.63, 3.8) is 0 Å². The molecular weight excluding hydrogens is 192 g/mol. The van der Waals surface area contributed by atoms with Gasteiger partial charge in [-0.05, 0) is 19.0 Å². The van der Waals surface area contributed by atoms with Gasteiger partial charge in [0.2, 0.25) is 0 Å². The average molecular weight is 202 g/mol. The molecule has 0 fully saturated rings. The number of nitrogens with one attached hydrogen (secondary N) is 1. The zero-order valence-corrected chi connectivity index (χ0v) is 7.03. The maximum atomic E-state index is 11.3. The number of carbonyl (C=O) groups is 1. The van der Waals surface area contributed by atoms with Gasteiger partial charge in [0.25, 0.3) is 6.08 Å². The molecule has 0 rings (SSSR count). The van der Waals surface area contributed by atoms with Crippen LogP contribution in [-0.4, -0.2) is 24.2 Å². The van der Waals surface area contributed by atoms with Crippen LogP contribution in [0.4, 0.5) is 8.78 Å². The molecule has 0 aliphatic heterocycles. The fourth-order valence-corrected chi connectivity index (χ4v) is 0.479. The van der Waals surface area contributed by atoms with Crippen molar-refractivity contribution in [3.8, 4) is 0 Å². The molecule has 0 aliphatic rings. The van der Waals surface area contributed by atoms with E-state index in [2.05, 4.69) is 5.32 Å². The van der Waals surface area contributed by atoms with Gasteiger partial charge in [-0.3, -0.25) is 4.79 Å². The monoisotopic (exact) mass is 201 g/mol. The molecule has 2 N–H and O–H groups in total. The molecule has 0 aromatic carbocycles. The first-order valence-corrected chi connectivity index (χ1v) is 3.06. The lowest BCUT2D eigenvalue weighted by molar-refractivity contribution is -0.135. The second-order valence-corrected chi connectivity index (χ2v) is 1.85. The Kier molecular flexibility index (Phi) is 9.74. The van der Waals surface area contributed by atoms with E-state index in [0.717, 1.165) is 6.08 Å². The van der Waals surface area contributed by atoms with Gasteiger partial charge in [0.1, 0.15) is 0 Å². The van der Waals surface area contributed by atoms with Crippen LogP contribution in [0.25, 0.3) is 0 Å². The lowest BCUT2D eigenvalue weighted by atomic mass is 10.4. The summed E-state index contributed by atoms with van der Waals surface area (Å²) < 4.78 is 22.7. The standard InChI is InChI=1S/C6H9F2NO2.ClH/c7-5(8)2-1-3-9-4-6(10)11;/h2,9H,1,3-4H2,(H,10,11);1H. The van der Waals surface area contributed by atoms with Crippen molar-refractivity contribution < 1.29 is 18.7 Å². The van der Waals surface area contributed by atoms with Crippen LogP contribution in [0, 0.1) is 0 Å². The second-order valence-electron chi connectivity index (χ2n) is 1.85. The molecule has 0 saturated heterocycles. The van der Waals surface area contributed by atoms with Gasteiger partial charge in [0, 0.05) is 0 Å². The molecule has 0 atom stereocenters. The number of aliphatic carboxylic acids is 1. The Morgan fingerprint density at radius 2 is 2.08 bits per heavy atom. The zero-order valence-electron chi connectivity index (χ0n) is 6.22. The second kappa shape index (κ2) is 8.42. The van der Waals surface area contributed by atoms with Gasteiger partial charge < -0.3 is 10.4 Å². The highest BCUT2D eigenvalue weighted by molar-refractivity contribution is 5.85. The first-order chi connectivity index (χ1) is 5.13. The van der Waals surface area contributed by atoms with Gasteiger partial charge in [-0.1, -0.05) is 0 Å². The maximum absolute atomic E-state index is 11.3. The molecule has 0 bridgehead atoms. The molecule has 0 aromatic rings. The Balaban J connectivity index is 0. The Bertz CT molecular complexity index is 160. The van der Waals surface area contributed by atoms with Crippen LogP contribution in [0.3, 0.4) is 0 Å². The first-order valence-electron chi connectivity index (χ1n) is 3.06. The van der Waals surface area contributed by atoms with Crippen molar-refractivity contribution in [2.75, 3.05) is 13.1 Å². The molecule has 0 amide bonds. The summed E-state index contributed by atoms with van der Waals surface area (Å²) in [6, 6.07) is 0. The van der Waals surface area contributed by atoms with Gasteiger partial charge in [0.05, 0.1) is 6.54 Å². The van der Waals surface area contributed by atoms with Crippen LogP contribution in [0.1, 0.15) is 6.42 Å². The Hall–Kier alpha value is -0.680. The lowest BCUT2D eigenvalue weighted by Gasteiger charge is -1.95. The predicted molar refractivity (Wildman–Crippen MR) is 42.7 cm³/mol. The van der Waals surface area contributed by atoms with E-state index in [0.29, 0.717) is 0 Å². The number of rotatable bonds is 5. The minimum absolute atomic E-state index is 0. The number of halogens is 3. The van der Waals surface area contributed by atoms with Gasteiger partial charge in [-0.2, -0.15) is 8.78 Å². The van der Waals surface area contributed by atoms with E-state index >= 15 is 0 Å². The average Bonchev–Trinajstić information content (AvgIpc) is 1.85. The third-order valence-corrected chi connectivity index (χ3v) is 0.896. The van der Waals surface area contributed by atoms with E-state index < -0.39 is 12.0 Å². The van der Waals surface area contributed by atoms with Crippen molar-refractivity contribution in [3.05, 3.63) is 12.2 Å². The Morgan fingerprint density at radius 3 is 2.50 bits per heavy atom. The zero-order chi connectivity index (χ0) is 8.69. The third-order valence-electron chi connectivity index (χ3n) is 0.896. The summed E-state index contributed by atoms with van der Waals surface area (Å²) in [5.74, 6) is -0.991. The minimum Gasteiger partial charge on any atom is -0.480 e. The van der Waals surface area contributed by atoms with Gasteiger partial charge in [-0.25, -0.2) is 0 Å². The SMILES string of the molecule is Cl.O=C(O)CNCCC=C(F)F. The highest BCUT2D eigenvalue weighted by Crippen LogP contribution is 1.96. The highest BCUT2D eigenvalue weighted by atomic mass is 35.5. The number of carboxylic acid groups (broad SMARTS) is 1. The number of carboxylic acids is 1. The summed E-state index contributed by atoms with van der Waals surface area (Å²) in [6.07, 6.45) is -0.841. The number of hydrogen-bond acceptors (Lipinski definition) is 2. The third kappa shape index (κ3) is 12.0. The molecule has 0 radical (unpaired) electrons. The van der Waals surface area contributed by atoms with Crippen LogP contribution < -0.4 is 5.32 Å². The lowest BCUT2D eigenvalue weighted by Crippen LogP contribution is -2.22.